The van der Waals surface area contributed by atoms with Gasteiger partial charge in [-0.05, 0) is 48.5 Å². The van der Waals surface area contributed by atoms with Crippen molar-refractivity contribution in [1.29, 1.82) is 0 Å². The predicted octanol–water partition coefficient (Wildman–Crippen LogP) is 3.59. The van der Waals surface area contributed by atoms with E-state index in [2.05, 4.69) is 27.2 Å². The van der Waals surface area contributed by atoms with Crippen LogP contribution in [0.25, 0.3) is 0 Å². The molecule has 0 fully saturated rings. The van der Waals surface area contributed by atoms with Crippen LogP contribution in [0.2, 0.25) is 0 Å². The van der Waals surface area contributed by atoms with Crippen LogP contribution in [0.15, 0.2) is 67.4 Å². The number of methoxy groups -OCH3 is 1. The highest BCUT2D eigenvalue weighted by molar-refractivity contribution is 6.07. The third-order valence-corrected chi connectivity index (χ3v) is 4.87. The number of hydrogen-bond acceptors (Lipinski definition) is 7. The van der Waals surface area contributed by atoms with Crippen molar-refractivity contribution in [2.24, 2.45) is 0 Å². The Labute approximate surface area is 191 Å². The third-order valence-electron chi connectivity index (χ3n) is 4.87. The summed E-state index contributed by atoms with van der Waals surface area (Å²) in [5, 5.41) is 5.85. The molecule has 1 aliphatic heterocycles. The van der Waals surface area contributed by atoms with Crippen LogP contribution in [0.1, 0.15) is 5.56 Å². The molecule has 1 aromatic heterocycles. The number of fused-ring (bicyclic) bond motifs is 1. The lowest BCUT2D eigenvalue weighted by Crippen LogP contribution is -2.22. The summed E-state index contributed by atoms with van der Waals surface area (Å²) < 4.78 is 10.5. The highest BCUT2D eigenvalue weighted by Gasteiger charge is 2.31. The highest BCUT2D eigenvalue weighted by atomic mass is 16.5. The summed E-state index contributed by atoms with van der Waals surface area (Å²) in [6.45, 7) is 4.44. The number of amides is 2. The van der Waals surface area contributed by atoms with Crippen LogP contribution in [0, 0.1) is 0 Å². The Morgan fingerprint density at radius 2 is 2.00 bits per heavy atom. The van der Waals surface area contributed by atoms with Crippen LogP contribution >= 0.6 is 0 Å². The van der Waals surface area contributed by atoms with E-state index in [-0.39, 0.29) is 18.2 Å². The minimum atomic E-state index is -0.329. The molecule has 33 heavy (non-hydrogen) atoms. The first-order chi connectivity index (χ1) is 16.1. The second kappa shape index (κ2) is 9.92. The number of anilines is 5. The van der Waals surface area contributed by atoms with Crippen molar-refractivity contribution in [1.82, 2.24) is 9.97 Å². The summed E-state index contributed by atoms with van der Waals surface area (Å²) in [5.41, 5.74) is 2.66. The van der Waals surface area contributed by atoms with E-state index in [1.807, 2.05) is 24.3 Å². The molecule has 1 aliphatic rings. The average molecular weight is 445 g/mol. The molecule has 0 aliphatic carbocycles. The van der Waals surface area contributed by atoms with Gasteiger partial charge in [0.15, 0.2) is 0 Å². The van der Waals surface area contributed by atoms with Crippen molar-refractivity contribution >= 4 is 40.6 Å². The van der Waals surface area contributed by atoms with Gasteiger partial charge in [0.05, 0.1) is 18.7 Å². The maximum absolute atomic E-state index is 12.7. The summed E-state index contributed by atoms with van der Waals surface area (Å²) in [5.74, 6) is 1.14. The fourth-order valence-electron chi connectivity index (χ4n) is 3.33. The molecule has 0 bridgehead atoms. The van der Waals surface area contributed by atoms with Crippen LogP contribution in [-0.2, 0) is 20.7 Å². The van der Waals surface area contributed by atoms with Crippen molar-refractivity contribution in [3.63, 3.8) is 0 Å². The average Bonchev–Trinajstić information content (AvgIpc) is 3.15. The summed E-state index contributed by atoms with van der Waals surface area (Å²) in [7, 11) is 1.62. The number of carbonyl (C=O) groups excluding carboxylic acids is 2. The summed E-state index contributed by atoms with van der Waals surface area (Å²) in [6, 6.07) is 14.4. The van der Waals surface area contributed by atoms with E-state index < -0.39 is 0 Å². The maximum atomic E-state index is 12.7. The van der Waals surface area contributed by atoms with Gasteiger partial charge < -0.3 is 20.1 Å². The quantitative estimate of drug-likeness (QED) is 0.383. The monoisotopic (exact) mass is 445 g/mol. The molecular weight excluding hydrogens is 422 g/mol. The van der Waals surface area contributed by atoms with E-state index in [4.69, 9.17) is 9.47 Å². The second-order valence-corrected chi connectivity index (χ2v) is 7.18. The van der Waals surface area contributed by atoms with E-state index in [0.717, 1.165) is 17.0 Å². The van der Waals surface area contributed by atoms with Gasteiger partial charge in [0, 0.05) is 30.2 Å². The molecule has 168 valence electrons. The smallest absolute Gasteiger partial charge is 0.247 e. The standard InChI is InChI=1S/C24H23N5O4/c1-3-21(30)26-18-5-4-6-19(14-18)29-22(31)13-16-15-25-24(28-23(16)29)27-17-7-9-20(10-8-17)33-12-11-32-2/h3-10,14-15H,1,11-13H2,2H3,(H,26,30)(H,25,27,28). The minimum Gasteiger partial charge on any atom is -0.491 e. The van der Waals surface area contributed by atoms with E-state index in [1.165, 1.54) is 11.0 Å². The fourth-order valence-corrected chi connectivity index (χ4v) is 3.33. The lowest BCUT2D eigenvalue weighted by molar-refractivity contribution is -0.116. The maximum Gasteiger partial charge on any atom is 0.247 e. The topological polar surface area (TPSA) is 106 Å². The molecule has 3 aromatic rings. The van der Waals surface area contributed by atoms with Crippen molar-refractivity contribution in [3.05, 3.63) is 72.9 Å². The van der Waals surface area contributed by atoms with Crippen LogP contribution in [0.4, 0.5) is 28.8 Å². The lowest BCUT2D eigenvalue weighted by atomic mass is 10.2. The first-order valence-corrected chi connectivity index (χ1v) is 10.3. The van der Waals surface area contributed by atoms with Gasteiger partial charge in [-0.25, -0.2) is 4.98 Å². The molecule has 2 N–H and O–H groups in total. The Morgan fingerprint density at radius 1 is 1.18 bits per heavy atom. The molecule has 2 aromatic carbocycles. The summed E-state index contributed by atoms with van der Waals surface area (Å²) in [6.07, 6.45) is 3.03. The largest absolute Gasteiger partial charge is 0.491 e. The van der Waals surface area contributed by atoms with Crippen molar-refractivity contribution in [2.45, 2.75) is 6.42 Å². The van der Waals surface area contributed by atoms with E-state index in [0.29, 0.717) is 36.4 Å². The third kappa shape index (κ3) is 5.16. The number of aromatic nitrogens is 2. The lowest BCUT2D eigenvalue weighted by Gasteiger charge is -2.18. The zero-order chi connectivity index (χ0) is 23.2. The Bertz CT molecular complexity index is 1180. The number of ether oxygens (including phenoxy) is 2. The second-order valence-electron chi connectivity index (χ2n) is 7.18. The van der Waals surface area contributed by atoms with Crippen molar-refractivity contribution in [2.75, 3.05) is 35.9 Å². The van der Waals surface area contributed by atoms with Crippen LogP contribution in [-0.4, -0.2) is 42.1 Å². The molecule has 0 spiro atoms. The number of nitrogens with zero attached hydrogens (tertiary/aromatic N) is 3. The SMILES string of the molecule is C=CC(=O)Nc1cccc(N2C(=O)Cc3cnc(Nc4ccc(OCCOC)cc4)nc32)c1. The van der Waals surface area contributed by atoms with Gasteiger partial charge >= 0.3 is 0 Å². The Morgan fingerprint density at radius 3 is 2.76 bits per heavy atom. The van der Waals surface area contributed by atoms with Gasteiger partial charge in [-0.2, -0.15) is 4.98 Å². The highest BCUT2D eigenvalue weighted by Crippen LogP contribution is 2.35. The van der Waals surface area contributed by atoms with Crippen LogP contribution in [0.5, 0.6) is 5.75 Å². The van der Waals surface area contributed by atoms with E-state index in [9.17, 15) is 9.59 Å². The predicted molar refractivity (Wildman–Crippen MR) is 125 cm³/mol. The Kier molecular flexibility index (Phi) is 6.61. The molecule has 4 rings (SSSR count). The van der Waals surface area contributed by atoms with Gasteiger partial charge in [0.2, 0.25) is 17.8 Å². The molecule has 0 unspecified atom stereocenters. The molecule has 0 saturated heterocycles. The van der Waals surface area contributed by atoms with Gasteiger partial charge in [-0.3, -0.25) is 14.5 Å². The minimum absolute atomic E-state index is 0.124. The zero-order valence-electron chi connectivity index (χ0n) is 18.1. The fraction of sp³-hybridized carbons (Fsp3) is 0.167. The molecule has 2 heterocycles. The number of benzene rings is 2. The summed E-state index contributed by atoms with van der Waals surface area (Å²) >= 11 is 0. The van der Waals surface area contributed by atoms with E-state index in [1.54, 1.807) is 37.6 Å². The molecule has 0 saturated carbocycles. The van der Waals surface area contributed by atoms with Crippen LogP contribution in [0.3, 0.4) is 0 Å². The zero-order valence-corrected chi connectivity index (χ0v) is 18.1. The molecule has 2 amide bonds. The van der Waals surface area contributed by atoms with Crippen molar-refractivity contribution in [3.8, 4) is 5.75 Å². The van der Waals surface area contributed by atoms with Crippen molar-refractivity contribution < 1.29 is 19.1 Å². The number of hydrogen-bond donors (Lipinski definition) is 2. The normalized spacial score (nSPS) is 12.3. The Balaban J connectivity index is 1.53. The molecule has 0 atom stereocenters. The number of carbonyl (C=O) groups is 2. The first-order valence-electron chi connectivity index (χ1n) is 10.3. The van der Waals surface area contributed by atoms with E-state index >= 15 is 0 Å². The van der Waals surface area contributed by atoms with Crippen LogP contribution < -0.4 is 20.3 Å². The number of nitrogens with one attached hydrogen (secondary N) is 2. The Hall–Kier alpha value is -4.24. The molecular formula is C24H23N5O4. The molecule has 9 nitrogen and oxygen atoms in total. The molecule has 0 radical (unpaired) electrons. The first kappa shape index (κ1) is 22.0. The molecule has 9 heteroatoms. The summed E-state index contributed by atoms with van der Waals surface area (Å²) in [4.78, 5) is 34.8. The van der Waals surface area contributed by atoms with Gasteiger partial charge in [-0.1, -0.05) is 12.6 Å². The van der Waals surface area contributed by atoms with Gasteiger partial charge in [-0.15, -0.1) is 0 Å². The number of rotatable bonds is 9. The van der Waals surface area contributed by atoms with Gasteiger partial charge in [0.25, 0.3) is 0 Å². The van der Waals surface area contributed by atoms with Gasteiger partial charge in [0.1, 0.15) is 18.2 Å².